The Labute approximate surface area is 178 Å². The largest absolute Gasteiger partial charge is 0.323 e. The molecule has 5 rings (SSSR count). The van der Waals surface area contributed by atoms with Crippen LogP contribution in [-0.4, -0.2) is 32.2 Å². The maximum absolute atomic E-state index is 13.1. The van der Waals surface area contributed by atoms with Crippen molar-refractivity contribution in [2.75, 3.05) is 11.9 Å². The number of nitrogens with one attached hydrogen (secondary N) is 1. The van der Waals surface area contributed by atoms with E-state index in [9.17, 15) is 4.79 Å². The molecule has 30 heavy (non-hydrogen) atoms. The number of aromatic nitrogens is 3. The van der Waals surface area contributed by atoms with Crippen molar-refractivity contribution in [3.8, 4) is 11.3 Å². The molecule has 0 bridgehead atoms. The summed E-state index contributed by atoms with van der Waals surface area (Å²) in [4.78, 5) is 19.5. The first-order chi connectivity index (χ1) is 14.7. The second kappa shape index (κ2) is 7.76. The van der Waals surface area contributed by atoms with Gasteiger partial charge in [-0.25, -0.2) is 9.78 Å². The van der Waals surface area contributed by atoms with Gasteiger partial charge in [0.05, 0.1) is 11.9 Å². The van der Waals surface area contributed by atoms with Gasteiger partial charge in [0, 0.05) is 43.2 Å². The fraction of sp³-hybridized carbons (Fsp3) is 0.174. The Hall–Kier alpha value is -3.45. The number of thiazole rings is 1. The summed E-state index contributed by atoms with van der Waals surface area (Å²) in [6.07, 6.45) is 3.91. The summed E-state index contributed by atoms with van der Waals surface area (Å²) >= 11 is 1.44. The highest BCUT2D eigenvalue weighted by molar-refractivity contribution is 7.14. The van der Waals surface area contributed by atoms with Crippen LogP contribution in [0.15, 0.2) is 72.4 Å². The number of hydrogen-bond donors (Lipinski definition) is 1. The maximum Gasteiger partial charge on any atom is 0.323 e. The molecule has 1 aliphatic rings. The van der Waals surface area contributed by atoms with Crippen LogP contribution in [-0.2, 0) is 13.6 Å². The number of carbonyl (C=O) groups is 1. The third kappa shape index (κ3) is 3.59. The van der Waals surface area contributed by atoms with Crippen LogP contribution >= 0.6 is 11.3 Å². The van der Waals surface area contributed by atoms with Gasteiger partial charge in [-0.15, -0.1) is 11.3 Å². The fourth-order valence-electron chi connectivity index (χ4n) is 3.91. The summed E-state index contributed by atoms with van der Waals surface area (Å²) in [7, 11) is 1.91. The minimum Gasteiger partial charge on any atom is -0.319 e. The van der Waals surface area contributed by atoms with Crippen LogP contribution in [0.4, 0.5) is 9.93 Å². The lowest BCUT2D eigenvalue weighted by Crippen LogP contribution is -2.41. The summed E-state index contributed by atoms with van der Waals surface area (Å²) in [6.45, 7) is 1.18. The van der Waals surface area contributed by atoms with Crippen molar-refractivity contribution >= 4 is 22.5 Å². The molecule has 0 aliphatic carbocycles. The Balaban J connectivity index is 1.37. The van der Waals surface area contributed by atoms with Gasteiger partial charge in [-0.2, -0.15) is 5.10 Å². The third-order valence-corrected chi connectivity index (χ3v) is 6.15. The number of rotatable bonds is 3. The molecular formula is C23H21N5OS. The third-order valence-electron chi connectivity index (χ3n) is 5.40. The zero-order valence-corrected chi connectivity index (χ0v) is 17.3. The van der Waals surface area contributed by atoms with E-state index < -0.39 is 0 Å². The molecule has 0 fully saturated rings. The molecule has 6 nitrogen and oxygen atoms in total. The number of anilines is 1. The number of fused-ring (bicyclic) bond motifs is 1. The second-order valence-electron chi connectivity index (χ2n) is 7.41. The van der Waals surface area contributed by atoms with Crippen LogP contribution in [0.3, 0.4) is 0 Å². The van der Waals surface area contributed by atoms with Crippen molar-refractivity contribution in [1.29, 1.82) is 0 Å². The van der Waals surface area contributed by atoms with E-state index in [1.807, 2.05) is 66.1 Å². The van der Waals surface area contributed by atoms with E-state index in [-0.39, 0.29) is 11.9 Å². The van der Waals surface area contributed by atoms with Gasteiger partial charge in [0.25, 0.3) is 0 Å². The number of hydrogen-bond acceptors (Lipinski definition) is 4. The Kier molecular flexibility index (Phi) is 4.80. The predicted octanol–water partition coefficient (Wildman–Crippen LogP) is 4.72. The molecule has 4 aromatic rings. The van der Waals surface area contributed by atoms with Gasteiger partial charge in [0.15, 0.2) is 5.13 Å². The summed E-state index contributed by atoms with van der Waals surface area (Å²) < 4.78 is 1.80. The minimum atomic E-state index is -0.132. The number of aryl methyl sites for hydroxylation is 1. The molecule has 0 spiro atoms. The summed E-state index contributed by atoms with van der Waals surface area (Å²) in [6, 6.07) is 18.2. The van der Waals surface area contributed by atoms with Crippen molar-refractivity contribution < 1.29 is 4.79 Å². The molecule has 7 heteroatoms. The lowest BCUT2D eigenvalue weighted by molar-refractivity contribution is 0.203. The number of nitrogens with zero attached hydrogens (tertiary/aromatic N) is 4. The average Bonchev–Trinajstić information content (AvgIpc) is 3.42. The van der Waals surface area contributed by atoms with Crippen LogP contribution in [0.5, 0.6) is 0 Å². The topological polar surface area (TPSA) is 63.1 Å². The lowest BCUT2D eigenvalue weighted by Gasteiger charge is -2.34. The standard InChI is InChI=1S/C23H21N5OS/c1-27-12-18(11-24-27)20-14-28(13-17-9-5-6-10-19(17)20)23(29)26-22-25-21(15-30-22)16-7-3-2-4-8-16/h2-12,15,20H,13-14H2,1H3,(H,25,26,29). The van der Waals surface area contributed by atoms with Crippen LogP contribution < -0.4 is 5.32 Å². The highest BCUT2D eigenvalue weighted by Gasteiger charge is 2.30. The predicted molar refractivity (Wildman–Crippen MR) is 118 cm³/mol. The van der Waals surface area contributed by atoms with Gasteiger partial charge in [-0.3, -0.25) is 10.00 Å². The van der Waals surface area contributed by atoms with Crippen LogP contribution in [0.25, 0.3) is 11.3 Å². The van der Waals surface area contributed by atoms with Gasteiger partial charge < -0.3 is 4.90 Å². The first-order valence-corrected chi connectivity index (χ1v) is 10.7. The van der Waals surface area contributed by atoms with Gasteiger partial charge in [0.1, 0.15) is 0 Å². The van der Waals surface area contributed by atoms with Crippen molar-refractivity contribution in [2.24, 2.45) is 7.05 Å². The molecule has 1 aliphatic heterocycles. The molecule has 0 radical (unpaired) electrons. The number of benzene rings is 2. The van der Waals surface area contributed by atoms with Crippen LogP contribution in [0.2, 0.25) is 0 Å². The smallest absolute Gasteiger partial charge is 0.319 e. The molecule has 2 amide bonds. The molecule has 0 saturated heterocycles. The number of amides is 2. The molecular weight excluding hydrogens is 394 g/mol. The lowest BCUT2D eigenvalue weighted by atomic mass is 9.86. The highest BCUT2D eigenvalue weighted by atomic mass is 32.1. The van der Waals surface area contributed by atoms with Gasteiger partial charge in [-0.1, -0.05) is 54.6 Å². The van der Waals surface area contributed by atoms with Crippen molar-refractivity contribution in [3.05, 3.63) is 89.1 Å². The van der Waals surface area contributed by atoms with E-state index in [2.05, 4.69) is 33.6 Å². The zero-order valence-electron chi connectivity index (χ0n) is 16.5. The minimum absolute atomic E-state index is 0.102. The second-order valence-corrected chi connectivity index (χ2v) is 8.27. The van der Waals surface area contributed by atoms with E-state index >= 15 is 0 Å². The molecule has 150 valence electrons. The van der Waals surface area contributed by atoms with E-state index in [1.165, 1.54) is 16.9 Å². The molecule has 0 saturated carbocycles. The highest BCUT2D eigenvalue weighted by Crippen LogP contribution is 2.34. The average molecular weight is 416 g/mol. The van der Waals surface area contributed by atoms with E-state index in [0.717, 1.165) is 22.4 Å². The maximum atomic E-state index is 13.1. The monoisotopic (exact) mass is 415 g/mol. The Morgan fingerprint density at radius 1 is 1.13 bits per heavy atom. The summed E-state index contributed by atoms with van der Waals surface area (Å²) in [5.74, 6) is 0.102. The molecule has 1 atom stereocenters. The molecule has 3 heterocycles. The van der Waals surface area contributed by atoms with E-state index in [4.69, 9.17) is 0 Å². The fourth-order valence-corrected chi connectivity index (χ4v) is 4.62. The summed E-state index contributed by atoms with van der Waals surface area (Å²) in [5.41, 5.74) is 5.45. The van der Waals surface area contributed by atoms with E-state index in [1.54, 1.807) is 4.68 Å². The van der Waals surface area contributed by atoms with E-state index in [0.29, 0.717) is 18.2 Å². The van der Waals surface area contributed by atoms with Crippen molar-refractivity contribution in [1.82, 2.24) is 19.7 Å². The molecule has 2 aromatic carbocycles. The molecule has 1 unspecified atom stereocenters. The Morgan fingerprint density at radius 3 is 2.73 bits per heavy atom. The molecule has 1 N–H and O–H groups in total. The van der Waals surface area contributed by atoms with Crippen LogP contribution in [0.1, 0.15) is 22.6 Å². The van der Waals surface area contributed by atoms with Crippen molar-refractivity contribution in [2.45, 2.75) is 12.5 Å². The zero-order chi connectivity index (χ0) is 20.5. The number of urea groups is 1. The quantitative estimate of drug-likeness (QED) is 0.526. The Morgan fingerprint density at radius 2 is 1.93 bits per heavy atom. The first kappa shape index (κ1) is 18.6. The normalized spacial score (nSPS) is 15.6. The van der Waals surface area contributed by atoms with Crippen molar-refractivity contribution in [3.63, 3.8) is 0 Å². The van der Waals surface area contributed by atoms with Crippen LogP contribution in [0, 0.1) is 0 Å². The first-order valence-electron chi connectivity index (χ1n) is 9.80. The Bertz CT molecular complexity index is 1180. The van der Waals surface area contributed by atoms with Gasteiger partial charge in [0.2, 0.25) is 0 Å². The summed E-state index contributed by atoms with van der Waals surface area (Å²) in [5, 5.41) is 9.88. The van der Waals surface area contributed by atoms with Gasteiger partial charge in [-0.05, 0) is 16.7 Å². The molecule has 2 aromatic heterocycles. The number of carbonyl (C=O) groups excluding carboxylic acids is 1. The van der Waals surface area contributed by atoms with Gasteiger partial charge >= 0.3 is 6.03 Å². The SMILES string of the molecule is Cn1cc(C2CN(C(=O)Nc3nc(-c4ccccc4)cs3)Cc3ccccc32)cn1.